The van der Waals surface area contributed by atoms with Gasteiger partial charge in [-0.3, -0.25) is 9.59 Å². The number of aryl methyl sites for hydroxylation is 1. The zero-order valence-electron chi connectivity index (χ0n) is 24.6. The summed E-state index contributed by atoms with van der Waals surface area (Å²) in [6.45, 7) is 6.63. The molecule has 0 aromatic heterocycles. The van der Waals surface area contributed by atoms with Gasteiger partial charge in [0.2, 0.25) is 11.8 Å². The van der Waals surface area contributed by atoms with Gasteiger partial charge in [-0.15, -0.1) is 0 Å². The molecule has 0 fully saturated rings. The van der Waals surface area contributed by atoms with Crippen LogP contribution in [0, 0.1) is 0 Å². The van der Waals surface area contributed by atoms with E-state index in [0.29, 0.717) is 62.3 Å². The second kappa shape index (κ2) is 15.1. The molecule has 1 aliphatic rings. The van der Waals surface area contributed by atoms with Gasteiger partial charge in [0, 0.05) is 31.9 Å². The van der Waals surface area contributed by atoms with E-state index in [4.69, 9.17) is 21.9 Å². The summed E-state index contributed by atoms with van der Waals surface area (Å²) in [7, 11) is -1.15. The normalized spacial score (nSPS) is 15.7. The monoisotopic (exact) mass is 606 g/mol. The number of anilines is 1. The van der Waals surface area contributed by atoms with E-state index in [9.17, 15) is 27.8 Å². The Bertz CT molecular complexity index is 1230. The van der Waals surface area contributed by atoms with Gasteiger partial charge in [-0.2, -0.15) is 13.2 Å². The van der Waals surface area contributed by atoms with Crippen molar-refractivity contribution in [2.45, 2.75) is 63.4 Å². The van der Waals surface area contributed by atoms with E-state index >= 15 is 0 Å². The Labute approximate surface area is 250 Å². The van der Waals surface area contributed by atoms with Gasteiger partial charge < -0.3 is 42.4 Å². The molecule has 2 atom stereocenters. The number of nitrogens with one attached hydrogen (secondary N) is 2. The molecule has 3 rings (SSSR count). The van der Waals surface area contributed by atoms with Gasteiger partial charge >= 0.3 is 13.3 Å². The maximum absolute atomic E-state index is 13.4. The molecule has 236 valence electrons. The van der Waals surface area contributed by atoms with Gasteiger partial charge in [0.1, 0.15) is 6.04 Å². The van der Waals surface area contributed by atoms with Crippen LogP contribution in [0.2, 0.25) is 0 Å². The van der Waals surface area contributed by atoms with Crippen molar-refractivity contribution in [3.63, 3.8) is 0 Å². The minimum atomic E-state index is -4.46. The molecule has 2 unspecified atom stereocenters. The average molecular weight is 606 g/mol. The second-order valence-corrected chi connectivity index (χ2v) is 11.2. The van der Waals surface area contributed by atoms with E-state index in [-0.39, 0.29) is 12.8 Å². The largest absolute Gasteiger partial charge is 0.492 e. The molecule has 43 heavy (non-hydrogen) atoms. The zero-order valence-corrected chi connectivity index (χ0v) is 24.6. The van der Waals surface area contributed by atoms with Crippen LogP contribution in [0.3, 0.4) is 0 Å². The van der Waals surface area contributed by atoms with Crippen molar-refractivity contribution in [1.82, 2.24) is 10.2 Å². The van der Waals surface area contributed by atoms with Crippen LogP contribution in [0.1, 0.15) is 49.8 Å². The first-order valence-electron chi connectivity index (χ1n) is 14.4. The van der Waals surface area contributed by atoms with Crippen LogP contribution < -0.4 is 33.3 Å². The van der Waals surface area contributed by atoms with Crippen LogP contribution in [-0.2, 0) is 32.4 Å². The number of nitrogens with zero attached hydrogens (tertiary/aromatic N) is 1. The molecule has 9 N–H and O–H groups in total. The van der Waals surface area contributed by atoms with Gasteiger partial charge in [-0.05, 0) is 86.9 Å². The highest BCUT2D eigenvalue weighted by Crippen LogP contribution is 2.31. The van der Waals surface area contributed by atoms with Crippen molar-refractivity contribution in [2.75, 3.05) is 38.0 Å². The number of hydrogen-bond donors (Lipinski definition) is 6. The lowest BCUT2D eigenvalue weighted by atomic mass is 9.78. The summed E-state index contributed by atoms with van der Waals surface area (Å²) in [4.78, 5) is 28.5. The van der Waals surface area contributed by atoms with Gasteiger partial charge in [0.05, 0.1) is 17.2 Å². The van der Waals surface area contributed by atoms with E-state index in [2.05, 4.69) is 15.5 Å². The molecular formula is C29H42BF3N6O4. The predicted molar refractivity (Wildman–Crippen MR) is 160 cm³/mol. The summed E-state index contributed by atoms with van der Waals surface area (Å²) in [5, 5.41) is 15.8. The first kappa shape index (κ1) is 34.5. The molecule has 2 amide bonds. The highest BCUT2D eigenvalue weighted by molar-refractivity contribution is 6.62. The number of alkyl halides is 3. The lowest BCUT2D eigenvalue weighted by Crippen LogP contribution is -2.50. The Balaban J connectivity index is 1.69. The van der Waals surface area contributed by atoms with Crippen molar-refractivity contribution >= 4 is 30.1 Å². The van der Waals surface area contributed by atoms with Gasteiger partial charge in [-0.25, -0.2) is 0 Å². The molecule has 2 aromatic rings. The third-order valence-corrected chi connectivity index (χ3v) is 7.49. The van der Waals surface area contributed by atoms with E-state index < -0.39 is 48.4 Å². The smallest absolute Gasteiger partial charge is 0.423 e. The molecule has 1 aliphatic heterocycles. The van der Waals surface area contributed by atoms with Crippen LogP contribution >= 0.6 is 0 Å². The Morgan fingerprint density at radius 3 is 2.28 bits per heavy atom. The summed E-state index contributed by atoms with van der Waals surface area (Å²) < 4.78 is 44.5. The van der Waals surface area contributed by atoms with Gasteiger partial charge in [0.25, 0.3) is 0 Å². The maximum Gasteiger partial charge on any atom is 0.492 e. The Morgan fingerprint density at radius 2 is 1.67 bits per heavy atom. The molecule has 0 radical (unpaired) electrons. The zero-order chi connectivity index (χ0) is 31.8. The first-order chi connectivity index (χ1) is 20.2. The van der Waals surface area contributed by atoms with E-state index in [1.165, 1.54) is 12.1 Å². The lowest BCUT2D eigenvalue weighted by molar-refractivity contribution is -0.137. The van der Waals surface area contributed by atoms with Crippen molar-refractivity contribution < 1.29 is 32.4 Å². The standard InChI is InChI=1S/C29H42BF3N6O4/c1-28(2)22-11-10-21(18-23(22)30(42)43-28)37-27(41)25(12-7-19-5-8-20(9-6-19)29(31,32)33)38-26(40)24(36)4-3-15-39(16-13-34)17-14-35/h5-6,8-11,18,24-25,42H,3-4,7,12-17,34-36H2,1-2H3,(H,37,41)(H,38,40). The number of nitrogens with two attached hydrogens (primary N) is 3. The molecule has 2 aromatic carbocycles. The number of benzene rings is 2. The third-order valence-electron chi connectivity index (χ3n) is 7.49. The Kier molecular flexibility index (Phi) is 12.1. The average Bonchev–Trinajstić information content (AvgIpc) is 3.17. The SMILES string of the molecule is CC1(C)OB(O)c2cc(NC(=O)C(CCc3ccc(C(F)(F)F)cc3)NC(=O)C(N)CCCN(CCN)CCN)ccc21. The quantitative estimate of drug-likeness (QED) is 0.164. The highest BCUT2D eigenvalue weighted by atomic mass is 19.4. The number of amides is 2. The minimum absolute atomic E-state index is 0.111. The Hall–Kier alpha value is -3.01. The number of halogens is 3. The first-order valence-corrected chi connectivity index (χ1v) is 14.4. The van der Waals surface area contributed by atoms with Crippen LogP contribution in [0.15, 0.2) is 42.5 Å². The Morgan fingerprint density at radius 1 is 1.02 bits per heavy atom. The topological polar surface area (TPSA) is 169 Å². The van der Waals surface area contributed by atoms with E-state index in [0.717, 1.165) is 17.7 Å². The molecule has 10 nitrogen and oxygen atoms in total. The van der Waals surface area contributed by atoms with Crippen molar-refractivity contribution in [2.24, 2.45) is 17.2 Å². The molecule has 1 heterocycles. The summed E-state index contributed by atoms with van der Waals surface area (Å²) in [5.41, 5.74) is 18.2. The number of carbonyl (C=O) groups excluding carboxylic acids is 2. The number of carbonyl (C=O) groups is 2. The summed E-state index contributed by atoms with van der Waals surface area (Å²) in [5.74, 6) is -1.05. The van der Waals surface area contributed by atoms with Crippen molar-refractivity contribution in [3.05, 3.63) is 59.2 Å². The third kappa shape index (κ3) is 9.75. The maximum atomic E-state index is 13.4. The van der Waals surface area contributed by atoms with Crippen LogP contribution in [0.5, 0.6) is 0 Å². The number of fused-ring (bicyclic) bond motifs is 1. The lowest BCUT2D eigenvalue weighted by Gasteiger charge is -2.23. The molecule has 14 heteroatoms. The highest BCUT2D eigenvalue weighted by Gasteiger charge is 2.40. The van der Waals surface area contributed by atoms with Crippen LogP contribution in [0.25, 0.3) is 0 Å². The van der Waals surface area contributed by atoms with E-state index in [1.54, 1.807) is 18.2 Å². The molecule has 0 saturated carbocycles. The molecule has 0 aliphatic carbocycles. The van der Waals surface area contributed by atoms with Gasteiger partial charge in [0.15, 0.2) is 0 Å². The van der Waals surface area contributed by atoms with Crippen LogP contribution in [0.4, 0.5) is 18.9 Å². The fourth-order valence-electron chi connectivity index (χ4n) is 5.11. The van der Waals surface area contributed by atoms with Crippen molar-refractivity contribution in [1.29, 1.82) is 0 Å². The fourth-order valence-corrected chi connectivity index (χ4v) is 5.11. The summed E-state index contributed by atoms with van der Waals surface area (Å²) in [6.07, 6.45) is -3.14. The number of rotatable bonds is 15. The predicted octanol–water partition coefficient (Wildman–Crippen LogP) is 1.04. The summed E-state index contributed by atoms with van der Waals surface area (Å²) in [6, 6.07) is 7.80. The van der Waals surface area contributed by atoms with E-state index in [1.807, 2.05) is 13.8 Å². The van der Waals surface area contributed by atoms with Crippen molar-refractivity contribution in [3.8, 4) is 0 Å². The fraction of sp³-hybridized carbons (Fsp3) is 0.517. The number of hydrogen-bond acceptors (Lipinski definition) is 8. The molecule has 0 spiro atoms. The second-order valence-electron chi connectivity index (χ2n) is 11.2. The van der Waals surface area contributed by atoms with Crippen LogP contribution in [-0.4, -0.2) is 73.7 Å². The molecule has 0 bridgehead atoms. The molecular weight excluding hydrogens is 564 g/mol. The summed E-state index contributed by atoms with van der Waals surface area (Å²) >= 11 is 0. The molecule has 0 saturated heterocycles. The van der Waals surface area contributed by atoms with Gasteiger partial charge in [-0.1, -0.05) is 18.2 Å². The minimum Gasteiger partial charge on any atom is -0.423 e.